The van der Waals surface area contributed by atoms with E-state index in [1.165, 1.54) is 49.8 Å². The third-order valence-corrected chi connectivity index (χ3v) is 7.00. The van der Waals surface area contributed by atoms with E-state index in [4.69, 9.17) is 4.42 Å². The van der Waals surface area contributed by atoms with Crippen LogP contribution in [0.25, 0.3) is 0 Å². The molecule has 0 aromatic carbocycles. The highest BCUT2D eigenvalue weighted by Gasteiger charge is 2.37. The Balaban J connectivity index is 1.43. The fraction of sp³-hybridized carbons (Fsp3) is 0.609. The van der Waals surface area contributed by atoms with Crippen LogP contribution in [0.4, 0.5) is 0 Å². The fourth-order valence-electron chi connectivity index (χ4n) is 5.85. The zero-order chi connectivity index (χ0) is 19.1. The normalized spacial score (nSPS) is 25.6. The summed E-state index contributed by atoms with van der Waals surface area (Å²) in [5, 5.41) is 9.24. The molecule has 2 atom stereocenters. The molecule has 0 spiro atoms. The molecular weight excluding hydrogens is 352 g/mol. The van der Waals surface area contributed by atoms with Crippen molar-refractivity contribution < 1.29 is 9.52 Å². The lowest BCUT2D eigenvalue weighted by molar-refractivity contribution is 0.105. The van der Waals surface area contributed by atoms with E-state index in [-0.39, 0.29) is 12.2 Å². The molecule has 1 aliphatic carbocycles. The van der Waals surface area contributed by atoms with Gasteiger partial charge in [-0.25, -0.2) is 0 Å². The molecule has 28 heavy (non-hydrogen) atoms. The Morgan fingerprint density at radius 2 is 1.79 bits per heavy atom. The first-order valence-corrected chi connectivity index (χ1v) is 10.9. The highest BCUT2D eigenvalue weighted by atomic mass is 16.4. The summed E-state index contributed by atoms with van der Waals surface area (Å²) in [6.07, 6.45) is 7.70. The minimum absolute atomic E-state index is 0.0493. The van der Waals surface area contributed by atoms with E-state index >= 15 is 0 Å². The summed E-state index contributed by atoms with van der Waals surface area (Å²) >= 11 is 0. The minimum Gasteiger partial charge on any atom is -0.462 e. The minimum atomic E-state index is -0.0493. The smallest absolute Gasteiger partial charge is 0.250 e. The molecule has 0 amide bonds. The van der Waals surface area contributed by atoms with Crippen LogP contribution in [0.15, 0.2) is 33.5 Å². The molecule has 2 fully saturated rings. The zero-order valence-electron chi connectivity index (χ0n) is 16.5. The lowest BCUT2D eigenvalue weighted by Gasteiger charge is -2.44. The topological polar surface area (TPSA) is 58.6 Å². The fourth-order valence-corrected chi connectivity index (χ4v) is 5.85. The van der Waals surface area contributed by atoms with Crippen molar-refractivity contribution in [1.29, 1.82) is 0 Å². The molecule has 2 aromatic heterocycles. The van der Waals surface area contributed by atoms with Gasteiger partial charge in [0.05, 0.1) is 6.54 Å². The third-order valence-electron chi connectivity index (χ3n) is 7.00. The van der Waals surface area contributed by atoms with Crippen LogP contribution in [-0.4, -0.2) is 27.7 Å². The molecule has 1 saturated carbocycles. The number of furan rings is 1. The number of hydrogen-bond donors (Lipinski definition) is 1. The van der Waals surface area contributed by atoms with Crippen molar-refractivity contribution in [2.45, 2.75) is 70.1 Å². The van der Waals surface area contributed by atoms with Gasteiger partial charge in [-0.1, -0.05) is 25.3 Å². The standard InChI is InChI=1S/C23H30N2O3/c26-15-20-7-6-19(28-20)14-24-11-16-10-18(13-24)23-21(17-4-2-1-3-5-17)8-9-22(27)25(23)12-16/h6-9,16-18,26H,1-5,10-15H2/t16-,18-/m1/s1. The Morgan fingerprint density at radius 3 is 2.57 bits per heavy atom. The third kappa shape index (κ3) is 3.35. The Bertz CT molecular complexity index is 893. The molecule has 150 valence electrons. The van der Waals surface area contributed by atoms with Gasteiger partial charge in [-0.2, -0.15) is 0 Å². The predicted molar refractivity (Wildman–Crippen MR) is 107 cm³/mol. The van der Waals surface area contributed by atoms with E-state index in [2.05, 4.69) is 15.5 Å². The molecule has 2 aliphatic heterocycles. The first kappa shape index (κ1) is 18.2. The average molecular weight is 383 g/mol. The first-order valence-electron chi connectivity index (χ1n) is 10.9. The molecule has 5 heteroatoms. The number of piperidine rings is 1. The van der Waals surface area contributed by atoms with Crippen LogP contribution >= 0.6 is 0 Å². The quantitative estimate of drug-likeness (QED) is 0.878. The number of pyridine rings is 1. The highest BCUT2D eigenvalue weighted by Crippen LogP contribution is 2.42. The second-order valence-corrected chi connectivity index (χ2v) is 8.98. The van der Waals surface area contributed by atoms with Gasteiger partial charge in [0.1, 0.15) is 18.1 Å². The number of rotatable bonds is 4. The highest BCUT2D eigenvalue weighted by molar-refractivity contribution is 5.31. The van der Waals surface area contributed by atoms with Gasteiger partial charge in [0.25, 0.3) is 5.56 Å². The molecule has 2 aromatic rings. The molecule has 5 rings (SSSR count). The zero-order valence-corrected chi connectivity index (χ0v) is 16.5. The molecule has 0 unspecified atom stereocenters. The Labute approximate surface area is 166 Å². The second kappa shape index (κ2) is 7.53. The van der Waals surface area contributed by atoms with Crippen LogP contribution in [0.2, 0.25) is 0 Å². The molecule has 3 aliphatic rings. The van der Waals surface area contributed by atoms with Crippen LogP contribution < -0.4 is 5.56 Å². The Morgan fingerprint density at radius 1 is 0.964 bits per heavy atom. The van der Waals surface area contributed by atoms with Gasteiger partial charge in [-0.3, -0.25) is 9.69 Å². The van der Waals surface area contributed by atoms with Crippen molar-refractivity contribution in [2.24, 2.45) is 5.92 Å². The number of hydrogen-bond acceptors (Lipinski definition) is 4. The van der Waals surface area contributed by atoms with E-state index in [0.717, 1.165) is 31.9 Å². The molecule has 0 radical (unpaired) electrons. The van der Waals surface area contributed by atoms with E-state index < -0.39 is 0 Å². The number of aliphatic hydroxyl groups is 1. The summed E-state index contributed by atoms with van der Waals surface area (Å²) < 4.78 is 7.83. The van der Waals surface area contributed by atoms with Crippen molar-refractivity contribution in [2.75, 3.05) is 13.1 Å². The summed E-state index contributed by atoms with van der Waals surface area (Å²) in [6.45, 7) is 3.57. The summed E-state index contributed by atoms with van der Waals surface area (Å²) in [5.41, 5.74) is 2.96. The summed E-state index contributed by atoms with van der Waals surface area (Å²) in [7, 11) is 0. The number of likely N-dealkylation sites (tertiary alicyclic amines) is 1. The number of fused-ring (bicyclic) bond motifs is 4. The lowest BCUT2D eigenvalue weighted by Crippen LogP contribution is -2.47. The van der Waals surface area contributed by atoms with Gasteiger partial charge >= 0.3 is 0 Å². The molecular formula is C23H30N2O3. The van der Waals surface area contributed by atoms with Crippen LogP contribution in [0, 0.1) is 5.92 Å². The maximum absolute atomic E-state index is 12.6. The van der Waals surface area contributed by atoms with Gasteiger partial charge in [-0.15, -0.1) is 0 Å². The predicted octanol–water partition coefficient (Wildman–Crippen LogP) is 3.60. The van der Waals surface area contributed by atoms with E-state index in [0.29, 0.717) is 23.5 Å². The van der Waals surface area contributed by atoms with Crippen molar-refractivity contribution >= 4 is 0 Å². The molecule has 5 nitrogen and oxygen atoms in total. The molecule has 4 heterocycles. The average Bonchev–Trinajstić information content (AvgIpc) is 3.17. The van der Waals surface area contributed by atoms with Crippen LogP contribution in [0.5, 0.6) is 0 Å². The van der Waals surface area contributed by atoms with Gasteiger partial charge in [0, 0.05) is 37.3 Å². The van der Waals surface area contributed by atoms with Crippen molar-refractivity contribution in [3.63, 3.8) is 0 Å². The lowest BCUT2D eigenvalue weighted by atomic mass is 9.76. The van der Waals surface area contributed by atoms with Gasteiger partial charge in [-0.05, 0) is 48.8 Å². The largest absolute Gasteiger partial charge is 0.462 e. The van der Waals surface area contributed by atoms with Crippen molar-refractivity contribution in [1.82, 2.24) is 9.47 Å². The SMILES string of the molecule is O=c1ccc(C2CCCCC2)c2n1C[C@@H]1C[C@@H]2CN(Cc2ccc(CO)o2)C1. The number of nitrogens with zero attached hydrogens (tertiary/aromatic N) is 2. The summed E-state index contributed by atoms with van der Waals surface area (Å²) in [4.78, 5) is 15.1. The number of aromatic nitrogens is 1. The van der Waals surface area contributed by atoms with Gasteiger partial charge in [0.15, 0.2) is 0 Å². The Kier molecular flexibility index (Phi) is 4.89. The Hall–Kier alpha value is -1.85. The van der Waals surface area contributed by atoms with E-state index in [9.17, 15) is 9.90 Å². The summed E-state index contributed by atoms with van der Waals surface area (Å²) in [5.74, 6) is 3.13. The maximum atomic E-state index is 12.6. The van der Waals surface area contributed by atoms with Crippen LogP contribution in [-0.2, 0) is 19.7 Å². The molecule has 1 N–H and O–H groups in total. The number of aliphatic hydroxyl groups excluding tert-OH is 1. The van der Waals surface area contributed by atoms with Crippen molar-refractivity contribution in [3.8, 4) is 0 Å². The van der Waals surface area contributed by atoms with Gasteiger partial charge in [0.2, 0.25) is 0 Å². The molecule has 1 saturated heterocycles. The summed E-state index contributed by atoms with van der Waals surface area (Å²) in [6, 6.07) is 7.78. The first-order chi connectivity index (χ1) is 13.7. The molecule has 2 bridgehead atoms. The van der Waals surface area contributed by atoms with Gasteiger partial charge < -0.3 is 14.1 Å². The van der Waals surface area contributed by atoms with Crippen molar-refractivity contribution in [3.05, 3.63) is 57.4 Å². The van der Waals surface area contributed by atoms with Crippen LogP contribution in [0.3, 0.4) is 0 Å². The maximum Gasteiger partial charge on any atom is 0.250 e. The van der Waals surface area contributed by atoms with E-state index in [1.807, 2.05) is 18.2 Å². The van der Waals surface area contributed by atoms with Crippen LogP contribution in [0.1, 0.15) is 73.1 Å². The van der Waals surface area contributed by atoms with E-state index in [1.54, 1.807) is 0 Å². The second-order valence-electron chi connectivity index (χ2n) is 8.98. The monoisotopic (exact) mass is 382 g/mol.